The van der Waals surface area contributed by atoms with E-state index < -0.39 is 0 Å². The lowest BCUT2D eigenvalue weighted by atomic mass is 10.3. The van der Waals surface area contributed by atoms with E-state index in [9.17, 15) is 0 Å². The summed E-state index contributed by atoms with van der Waals surface area (Å²) in [7, 11) is 0. The minimum Gasteiger partial charge on any atom is -0.423 e. The summed E-state index contributed by atoms with van der Waals surface area (Å²) in [6.07, 6.45) is 3.28. The first-order valence-electron chi connectivity index (χ1n) is 4.90. The van der Waals surface area contributed by atoms with E-state index in [4.69, 9.17) is 10.5 Å². The highest BCUT2D eigenvalue weighted by molar-refractivity contribution is 5.21. The van der Waals surface area contributed by atoms with Gasteiger partial charge in [0, 0.05) is 18.4 Å². The van der Waals surface area contributed by atoms with Gasteiger partial charge in [-0.25, -0.2) is 4.98 Å². The van der Waals surface area contributed by atoms with Gasteiger partial charge < -0.3 is 10.5 Å². The third kappa shape index (κ3) is 2.52. The SMILES string of the molecule is Cc1cc(CN)nc(Oc2cccnc2)n1. The summed E-state index contributed by atoms with van der Waals surface area (Å²) in [6.45, 7) is 2.24. The van der Waals surface area contributed by atoms with Gasteiger partial charge in [0.15, 0.2) is 0 Å². The van der Waals surface area contributed by atoms with Crippen molar-refractivity contribution < 1.29 is 4.74 Å². The van der Waals surface area contributed by atoms with Gasteiger partial charge in [-0.2, -0.15) is 4.98 Å². The van der Waals surface area contributed by atoms with Crippen LogP contribution in [0.1, 0.15) is 11.4 Å². The van der Waals surface area contributed by atoms with Gasteiger partial charge in [-0.05, 0) is 25.1 Å². The average molecular weight is 216 g/mol. The monoisotopic (exact) mass is 216 g/mol. The maximum absolute atomic E-state index is 5.52. The number of aromatic nitrogens is 3. The van der Waals surface area contributed by atoms with E-state index in [1.165, 1.54) is 0 Å². The number of pyridine rings is 1. The Morgan fingerprint density at radius 1 is 1.38 bits per heavy atom. The first-order chi connectivity index (χ1) is 7.78. The van der Waals surface area contributed by atoms with Gasteiger partial charge >= 0.3 is 6.01 Å². The van der Waals surface area contributed by atoms with Crippen molar-refractivity contribution in [3.63, 3.8) is 0 Å². The number of ether oxygens (including phenoxy) is 1. The summed E-state index contributed by atoms with van der Waals surface area (Å²) in [5, 5.41) is 0. The van der Waals surface area contributed by atoms with Crippen molar-refractivity contribution >= 4 is 0 Å². The van der Waals surface area contributed by atoms with Crippen LogP contribution in [0.3, 0.4) is 0 Å². The maximum atomic E-state index is 5.52. The highest BCUT2D eigenvalue weighted by Gasteiger charge is 2.03. The molecule has 0 saturated carbocycles. The Labute approximate surface area is 93.3 Å². The predicted molar refractivity (Wildman–Crippen MR) is 59.0 cm³/mol. The minimum atomic E-state index is 0.299. The molecule has 0 saturated heterocycles. The van der Waals surface area contributed by atoms with Crippen LogP contribution >= 0.6 is 0 Å². The van der Waals surface area contributed by atoms with E-state index in [0.29, 0.717) is 18.3 Å². The lowest BCUT2D eigenvalue weighted by molar-refractivity contribution is 0.436. The fourth-order valence-corrected chi connectivity index (χ4v) is 1.27. The Hall–Kier alpha value is -2.01. The van der Waals surface area contributed by atoms with Gasteiger partial charge in [-0.3, -0.25) is 4.98 Å². The Kier molecular flexibility index (Phi) is 3.07. The van der Waals surface area contributed by atoms with Crippen LogP contribution in [-0.4, -0.2) is 15.0 Å². The molecule has 0 radical (unpaired) electrons. The second-order valence-electron chi connectivity index (χ2n) is 3.28. The summed E-state index contributed by atoms with van der Waals surface area (Å²) in [5.74, 6) is 0.607. The van der Waals surface area contributed by atoms with E-state index >= 15 is 0 Å². The smallest absolute Gasteiger partial charge is 0.322 e. The standard InChI is InChI=1S/C11H12N4O/c1-8-5-9(6-12)15-11(14-8)16-10-3-2-4-13-7-10/h2-5,7H,6,12H2,1H3. The predicted octanol–water partition coefficient (Wildman–Crippen LogP) is 1.43. The molecule has 0 unspecified atom stereocenters. The highest BCUT2D eigenvalue weighted by atomic mass is 16.5. The zero-order chi connectivity index (χ0) is 11.4. The van der Waals surface area contributed by atoms with Gasteiger partial charge in [0.05, 0.1) is 11.9 Å². The quantitative estimate of drug-likeness (QED) is 0.840. The largest absolute Gasteiger partial charge is 0.423 e. The molecular weight excluding hydrogens is 204 g/mol. The van der Waals surface area contributed by atoms with Gasteiger partial charge in [0.1, 0.15) is 5.75 Å². The molecular formula is C11H12N4O. The molecule has 5 heteroatoms. The van der Waals surface area contributed by atoms with Crippen LogP contribution in [0, 0.1) is 6.92 Å². The Morgan fingerprint density at radius 2 is 2.25 bits per heavy atom. The highest BCUT2D eigenvalue weighted by Crippen LogP contribution is 2.16. The van der Waals surface area contributed by atoms with Crippen molar-refractivity contribution in [1.29, 1.82) is 0 Å². The van der Waals surface area contributed by atoms with Gasteiger partial charge in [-0.1, -0.05) is 0 Å². The molecule has 82 valence electrons. The lowest BCUT2D eigenvalue weighted by Gasteiger charge is -2.05. The Bertz CT molecular complexity index is 473. The van der Waals surface area contributed by atoms with Crippen molar-refractivity contribution in [2.75, 3.05) is 0 Å². The molecule has 0 aliphatic rings. The second kappa shape index (κ2) is 4.67. The molecule has 0 amide bonds. The third-order valence-corrected chi connectivity index (χ3v) is 1.94. The molecule has 2 N–H and O–H groups in total. The van der Waals surface area contributed by atoms with E-state index in [-0.39, 0.29) is 0 Å². The maximum Gasteiger partial charge on any atom is 0.322 e. The summed E-state index contributed by atoms with van der Waals surface area (Å²) in [5.41, 5.74) is 7.11. The molecule has 0 fully saturated rings. The molecule has 0 aliphatic heterocycles. The zero-order valence-corrected chi connectivity index (χ0v) is 8.92. The van der Waals surface area contributed by atoms with Crippen molar-refractivity contribution in [3.05, 3.63) is 42.0 Å². The summed E-state index contributed by atoms with van der Waals surface area (Å²) in [4.78, 5) is 12.3. The number of rotatable bonds is 3. The van der Waals surface area contributed by atoms with Crippen LogP contribution in [0.25, 0.3) is 0 Å². The van der Waals surface area contributed by atoms with Gasteiger partial charge in [-0.15, -0.1) is 0 Å². The number of hydrogen-bond acceptors (Lipinski definition) is 5. The molecule has 2 rings (SSSR count). The van der Waals surface area contributed by atoms with Crippen LogP contribution < -0.4 is 10.5 Å². The van der Waals surface area contributed by atoms with Crippen molar-refractivity contribution in [1.82, 2.24) is 15.0 Å². The first-order valence-corrected chi connectivity index (χ1v) is 4.90. The van der Waals surface area contributed by atoms with E-state index in [2.05, 4.69) is 15.0 Å². The van der Waals surface area contributed by atoms with Crippen LogP contribution in [0.4, 0.5) is 0 Å². The molecule has 0 aliphatic carbocycles. The fourth-order valence-electron chi connectivity index (χ4n) is 1.27. The van der Waals surface area contributed by atoms with E-state index in [1.807, 2.05) is 13.0 Å². The van der Waals surface area contributed by atoms with E-state index in [0.717, 1.165) is 11.4 Å². The molecule has 0 bridgehead atoms. The molecule has 2 aromatic heterocycles. The lowest BCUT2D eigenvalue weighted by Crippen LogP contribution is -2.03. The molecule has 16 heavy (non-hydrogen) atoms. The van der Waals surface area contributed by atoms with E-state index in [1.54, 1.807) is 24.5 Å². The molecule has 5 nitrogen and oxygen atoms in total. The van der Waals surface area contributed by atoms with Crippen molar-refractivity contribution in [3.8, 4) is 11.8 Å². The number of nitrogens with two attached hydrogens (primary N) is 1. The Balaban J connectivity index is 2.24. The van der Waals surface area contributed by atoms with Crippen LogP contribution in [0.2, 0.25) is 0 Å². The topological polar surface area (TPSA) is 73.9 Å². The van der Waals surface area contributed by atoms with Crippen LogP contribution in [-0.2, 0) is 6.54 Å². The van der Waals surface area contributed by atoms with Crippen molar-refractivity contribution in [2.45, 2.75) is 13.5 Å². The summed E-state index contributed by atoms with van der Waals surface area (Å²) >= 11 is 0. The van der Waals surface area contributed by atoms with Gasteiger partial charge in [0.2, 0.25) is 0 Å². The Morgan fingerprint density at radius 3 is 2.94 bits per heavy atom. The minimum absolute atomic E-state index is 0.299. The van der Waals surface area contributed by atoms with Crippen LogP contribution in [0.15, 0.2) is 30.6 Å². The second-order valence-corrected chi connectivity index (χ2v) is 3.28. The molecule has 0 atom stereocenters. The normalized spacial score (nSPS) is 10.1. The first kappa shape index (κ1) is 10.5. The summed E-state index contributed by atoms with van der Waals surface area (Å²) in [6, 6.07) is 5.71. The average Bonchev–Trinajstić information content (AvgIpc) is 2.29. The van der Waals surface area contributed by atoms with Crippen molar-refractivity contribution in [2.24, 2.45) is 5.73 Å². The molecule has 0 spiro atoms. The summed E-state index contributed by atoms with van der Waals surface area (Å²) < 4.78 is 5.46. The molecule has 2 heterocycles. The fraction of sp³-hybridized carbons (Fsp3) is 0.182. The number of nitrogens with zero attached hydrogens (tertiary/aromatic N) is 3. The number of hydrogen-bond donors (Lipinski definition) is 1. The molecule has 2 aromatic rings. The van der Waals surface area contributed by atoms with Gasteiger partial charge in [0.25, 0.3) is 0 Å². The zero-order valence-electron chi connectivity index (χ0n) is 8.92. The molecule has 0 aromatic carbocycles. The number of aryl methyl sites for hydroxylation is 1. The third-order valence-electron chi connectivity index (χ3n) is 1.94. The van der Waals surface area contributed by atoms with Crippen LogP contribution in [0.5, 0.6) is 11.8 Å².